The van der Waals surface area contributed by atoms with Gasteiger partial charge in [-0.05, 0) is 12.1 Å². The van der Waals surface area contributed by atoms with Crippen molar-refractivity contribution < 1.29 is 19.7 Å². The highest BCUT2D eigenvalue weighted by molar-refractivity contribution is 6.03. The SMILES string of the molecule is O=C(Nc1ccccc1)c1cn([C@H]2C=C(O)[C@@H](CO)O2)c(=O)[nH]c1=O. The number of aromatic amines is 1. The molecule has 0 fully saturated rings. The molecule has 0 saturated heterocycles. The third kappa shape index (κ3) is 3.37. The van der Waals surface area contributed by atoms with Crippen molar-refractivity contribution in [3.05, 3.63) is 74.8 Å². The highest BCUT2D eigenvalue weighted by Crippen LogP contribution is 2.24. The van der Waals surface area contributed by atoms with Gasteiger partial charge in [-0.2, -0.15) is 0 Å². The minimum Gasteiger partial charge on any atom is -0.510 e. The van der Waals surface area contributed by atoms with Crippen LogP contribution in [0.4, 0.5) is 5.69 Å². The molecule has 0 spiro atoms. The monoisotopic (exact) mass is 345 g/mol. The molecule has 2 atom stereocenters. The van der Waals surface area contributed by atoms with E-state index >= 15 is 0 Å². The van der Waals surface area contributed by atoms with Crippen molar-refractivity contribution in [2.45, 2.75) is 12.3 Å². The van der Waals surface area contributed by atoms with Gasteiger partial charge in [-0.3, -0.25) is 19.1 Å². The molecule has 4 N–H and O–H groups in total. The quantitative estimate of drug-likeness (QED) is 0.622. The van der Waals surface area contributed by atoms with Crippen molar-refractivity contribution in [1.82, 2.24) is 9.55 Å². The summed E-state index contributed by atoms with van der Waals surface area (Å²) in [5, 5.41) is 21.3. The van der Waals surface area contributed by atoms with Gasteiger partial charge in [0.15, 0.2) is 6.23 Å². The molecule has 2 heterocycles. The third-order valence-corrected chi connectivity index (χ3v) is 3.63. The van der Waals surface area contributed by atoms with Crippen LogP contribution in [-0.4, -0.2) is 38.4 Å². The largest absolute Gasteiger partial charge is 0.510 e. The maximum atomic E-state index is 12.3. The van der Waals surface area contributed by atoms with Crippen LogP contribution in [0.25, 0.3) is 0 Å². The number of benzene rings is 1. The molecule has 0 saturated carbocycles. The Balaban J connectivity index is 1.93. The molecule has 3 rings (SSSR count). The number of nitrogens with zero attached hydrogens (tertiary/aromatic N) is 1. The van der Waals surface area contributed by atoms with Gasteiger partial charge in [0, 0.05) is 18.0 Å². The van der Waals surface area contributed by atoms with Crippen LogP contribution in [0, 0.1) is 0 Å². The molecule has 0 unspecified atom stereocenters. The molecule has 1 aromatic heterocycles. The summed E-state index contributed by atoms with van der Waals surface area (Å²) in [5.41, 5.74) is -1.47. The molecule has 1 aliphatic heterocycles. The van der Waals surface area contributed by atoms with Crippen LogP contribution in [-0.2, 0) is 4.74 Å². The molecule has 9 heteroatoms. The Labute approximate surface area is 140 Å². The maximum Gasteiger partial charge on any atom is 0.330 e. The van der Waals surface area contributed by atoms with Gasteiger partial charge in [0.25, 0.3) is 11.5 Å². The van der Waals surface area contributed by atoms with Crippen molar-refractivity contribution in [1.29, 1.82) is 0 Å². The fourth-order valence-corrected chi connectivity index (χ4v) is 2.37. The lowest BCUT2D eigenvalue weighted by molar-refractivity contribution is -0.0251. The third-order valence-electron chi connectivity index (χ3n) is 3.63. The van der Waals surface area contributed by atoms with E-state index in [1.807, 2.05) is 4.98 Å². The molecule has 0 aliphatic carbocycles. The molecule has 25 heavy (non-hydrogen) atoms. The van der Waals surface area contributed by atoms with E-state index in [4.69, 9.17) is 9.84 Å². The van der Waals surface area contributed by atoms with Crippen molar-refractivity contribution in [2.24, 2.45) is 0 Å². The van der Waals surface area contributed by atoms with Crippen molar-refractivity contribution >= 4 is 11.6 Å². The average Bonchev–Trinajstić information content (AvgIpc) is 2.96. The highest BCUT2D eigenvalue weighted by Gasteiger charge is 2.29. The Morgan fingerprint density at radius 2 is 2.00 bits per heavy atom. The molecule has 0 radical (unpaired) electrons. The van der Waals surface area contributed by atoms with Gasteiger partial charge in [0.05, 0.1) is 6.61 Å². The van der Waals surface area contributed by atoms with Crippen molar-refractivity contribution in [3.8, 4) is 0 Å². The number of ether oxygens (including phenoxy) is 1. The molecule has 0 bridgehead atoms. The number of rotatable bonds is 4. The summed E-state index contributed by atoms with van der Waals surface area (Å²) in [6.45, 7) is -0.474. The second-order valence-corrected chi connectivity index (χ2v) is 5.32. The van der Waals surface area contributed by atoms with E-state index in [2.05, 4.69) is 5.32 Å². The number of hydrogen-bond donors (Lipinski definition) is 4. The summed E-state index contributed by atoms with van der Waals surface area (Å²) in [5.74, 6) is -0.938. The van der Waals surface area contributed by atoms with Crippen LogP contribution >= 0.6 is 0 Å². The lowest BCUT2D eigenvalue weighted by atomic mass is 10.2. The van der Waals surface area contributed by atoms with E-state index in [1.54, 1.807) is 30.3 Å². The smallest absolute Gasteiger partial charge is 0.330 e. The number of nitrogens with one attached hydrogen (secondary N) is 2. The minimum absolute atomic E-state index is 0.235. The number of H-pyrrole nitrogens is 1. The second-order valence-electron chi connectivity index (χ2n) is 5.32. The fourth-order valence-electron chi connectivity index (χ4n) is 2.37. The van der Waals surface area contributed by atoms with E-state index < -0.39 is 36.1 Å². The number of amides is 1. The van der Waals surface area contributed by atoms with Crippen LogP contribution in [0.2, 0.25) is 0 Å². The first-order chi connectivity index (χ1) is 12.0. The van der Waals surface area contributed by atoms with Gasteiger partial charge in [-0.15, -0.1) is 0 Å². The van der Waals surface area contributed by atoms with E-state index in [-0.39, 0.29) is 11.3 Å². The molecular weight excluding hydrogens is 330 g/mol. The molecular formula is C16H15N3O6. The number of aromatic nitrogens is 2. The Morgan fingerprint density at radius 3 is 2.64 bits per heavy atom. The first kappa shape index (κ1) is 16.7. The predicted octanol–water partition coefficient (Wildman–Crippen LogP) is 0.120. The Hall–Kier alpha value is -3.17. The number of para-hydroxylation sites is 1. The summed E-state index contributed by atoms with van der Waals surface area (Å²) in [6, 6.07) is 8.51. The van der Waals surface area contributed by atoms with Gasteiger partial charge in [0.1, 0.15) is 17.4 Å². The van der Waals surface area contributed by atoms with Gasteiger partial charge in [-0.25, -0.2) is 4.79 Å². The minimum atomic E-state index is -1.05. The number of hydrogen-bond acceptors (Lipinski definition) is 6. The number of carbonyl (C=O) groups excluding carboxylic acids is 1. The molecule has 130 valence electrons. The average molecular weight is 345 g/mol. The summed E-state index contributed by atoms with van der Waals surface area (Å²) in [4.78, 5) is 38.3. The fraction of sp³-hybridized carbons (Fsp3) is 0.188. The van der Waals surface area contributed by atoms with Crippen LogP contribution in [0.3, 0.4) is 0 Å². The number of aliphatic hydroxyl groups is 2. The molecule has 1 aromatic carbocycles. The van der Waals surface area contributed by atoms with E-state index in [0.29, 0.717) is 5.69 Å². The van der Waals surface area contributed by atoms with Gasteiger partial charge >= 0.3 is 5.69 Å². The van der Waals surface area contributed by atoms with E-state index in [9.17, 15) is 19.5 Å². The van der Waals surface area contributed by atoms with E-state index in [1.165, 1.54) is 6.08 Å². The zero-order valence-corrected chi connectivity index (χ0v) is 12.9. The number of anilines is 1. The summed E-state index contributed by atoms with van der Waals surface area (Å²) in [6.07, 6.45) is 0.239. The number of aliphatic hydroxyl groups excluding tert-OH is 2. The molecule has 1 amide bonds. The summed E-state index contributed by atoms with van der Waals surface area (Å²) < 4.78 is 6.25. The zero-order chi connectivity index (χ0) is 18.0. The Kier molecular flexibility index (Phi) is 4.50. The van der Waals surface area contributed by atoms with Gasteiger partial charge in [-0.1, -0.05) is 18.2 Å². The Morgan fingerprint density at radius 1 is 1.28 bits per heavy atom. The zero-order valence-electron chi connectivity index (χ0n) is 12.9. The first-order valence-corrected chi connectivity index (χ1v) is 7.38. The molecule has 1 aliphatic rings. The summed E-state index contributed by atoms with van der Waals surface area (Å²) >= 11 is 0. The lowest BCUT2D eigenvalue weighted by Gasteiger charge is -2.15. The molecule has 9 nitrogen and oxygen atoms in total. The predicted molar refractivity (Wildman–Crippen MR) is 87.4 cm³/mol. The first-order valence-electron chi connectivity index (χ1n) is 7.38. The van der Waals surface area contributed by atoms with Crippen molar-refractivity contribution in [2.75, 3.05) is 11.9 Å². The number of carbonyl (C=O) groups is 1. The van der Waals surface area contributed by atoms with Crippen LogP contribution in [0.5, 0.6) is 0 Å². The Bertz CT molecular complexity index is 931. The van der Waals surface area contributed by atoms with Crippen LogP contribution < -0.4 is 16.6 Å². The standard InChI is InChI=1S/C16H15N3O6/c20-8-12-11(21)6-13(25-12)19-7-10(15(23)18-16(19)24)14(22)17-9-4-2-1-3-5-9/h1-7,12-13,20-21H,8H2,(H,17,22)(H,18,23,24)/t12-,13-/m1/s1. The second kappa shape index (κ2) is 6.75. The highest BCUT2D eigenvalue weighted by atomic mass is 16.5. The lowest BCUT2D eigenvalue weighted by Crippen LogP contribution is -2.36. The maximum absolute atomic E-state index is 12.3. The van der Waals surface area contributed by atoms with Crippen molar-refractivity contribution in [3.63, 3.8) is 0 Å². The van der Waals surface area contributed by atoms with Gasteiger partial charge in [0.2, 0.25) is 0 Å². The molecule has 2 aromatic rings. The van der Waals surface area contributed by atoms with Crippen LogP contribution in [0.15, 0.2) is 58.0 Å². The topological polar surface area (TPSA) is 134 Å². The van der Waals surface area contributed by atoms with E-state index in [0.717, 1.165) is 10.8 Å². The van der Waals surface area contributed by atoms with Crippen LogP contribution in [0.1, 0.15) is 16.6 Å². The van der Waals surface area contributed by atoms with Gasteiger partial charge < -0.3 is 20.3 Å². The normalized spacial score (nSPS) is 19.5. The summed E-state index contributed by atoms with van der Waals surface area (Å²) in [7, 11) is 0.